The van der Waals surface area contributed by atoms with Crippen LogP contribution in [0.5, 0.6) is 5.75 Å². The summed E-state index contributed by atoms with van der Waals surface area (Å²) < 4.78 is 5.80. The number of ether oxygens (including phenoxy) is 1. The summed E-state index contributed by atoms with van der Waals surface area (Å²) in [7, 11) is 0. The molecule has 0 saturated heterocycles. The number of nitrogens with zero attached hydrogens (tertiary/aromatic N) is 1. The molecule has 2 N–H and O–H groups in total. The van der Waals surface area contributed by atoms with Crippen molar-refractivity contribution in [2.45, 2.75) is 38.2 Å². The summed E-state index contributed by atoms with van der Waals surface area (Å²) in [6, 6.07) is 3.00. The van der Waals surface area contributed by atoms with Gasteiger partial charge >= 0.3 is 35.5 Å². The molecular weight excluding hydrogens is 422 g/mol. The van der Waals surface area contributed by atoms with E-state index in [0.29, 0.717) is 18.4 Å². The fraction of sp³-hybridized carbons (Fsp3) is 0.412. The van der Waals surface area contributed by atoms with E-state index >= 15 is 0 Å². The first kappa shape index (κ1) is 24.7. The van der Waals surface area contributed by atoms with Crippen LogP contribution in [0.4, 0.5) is 0 Å². The van der Waals surface area contributed by atoms with Gasteiger partial charge in [-0.3, -0.25) is 19.7 Å². The number of amides is 1. The maximum Gasteiger partial charge on any atom is 1.00 e. The predicted molar refractivity (Wildman–Crippen MR) is 101 cm³/mol. The van der Waals surface area contributed by atoms with Crippen LogP contribution >= 0.6 is 23.2 Å². The van der Waals surface area contributed by atoms with E-state index in [2.05, 4.69) is 5.32 Å². The van der Waals surface area contributed by atoms with Crippen molar-refractivity contribution in [3.8, 4) is 5.75 Å². The summed E-state index contributed by atoms with van der Waals surface area (Å²) >= 11 is 12.5. The average molecular weight is 441 g/mol. The van der Waals surface area contributed by atoms with E-state index in [4.69, 9.17) is 33.0 Å². The molecule has 0 unspecified atom stereocenters. The number of hydrogen-bond acceptors (Lipinski definition) is 5. The fourth-order valence-corrected chi connectivity index (χ4v) is 3.02. The minimum Gasteiger partial charge on any atom is -1.00 e. The SMILES string of the molecule is CC/C(=C/c1ccc(OC2(C(=O)NCC(=O)O)CCC2)c(Cl)c1Cl)[N+](=O)[O-].[H-].[Na+]. The van der Waals surface area contributed by atoms with Gasteiger partial charge in [-0.1, -0.05) is 30.1 Å². The van der Waals surface area contributed by atoms with Crippen molar-refractivity contribution in [3.05, 3.63) is 43.6 Å². The van der Waals surface area contributed by atoms with Crippen LogP contribution in [-0.4, -0.2) is 34.1 Å². The third-order valence-corrected chi connectivity index (χ3v) is 5.16. The van der Waals surface area contributed by atoms with Crippen LogP contribution in [0, 0.1) is 10.1 Å². The number of aliphatic carboxylic acids is 1. The van der Waals surface area contributed by atoms with E-state index in [1.807, 2.05) is 0 Å². The van der Waals surface area contributed by atoms with Crippen molar-refractivity contribution in [1.82, 2.24) is 5.32 Å². The zero-order valence-electron chi connectivity index (χ0n) is 16.5. The van der Waals surface area contributed by atoms with Gasteiger partial charge in [-0.25, -0.2) is 0 Å². The molecule has 11 heteroatoms. The summed E-state index contributed by atoms with van der Waals surface area (Å²) in [5, 5.41) is 22.1. The summed E-state index contributed by atoms with van der Waals surface area (Å²) in [6.07, 6.45) is 3.11. The third-order valence-electron chi connectivity index (χ3n) is 4.28. The molecule has 1 aliphatic carbocycles. The van der Waals surface area contributed by atoms with E-state index in [1.54, 1.807) is 6.92 Å². The van der Waals surface area contributed by atoms with Crippen molar-refractivity contribution in [2.75, 3.05) is 6.54 Å². The number of allylic oxidation sites excluding steroid dienone is 1. The Morgan fingerprint density at radius 2 is 2.04 bits per heavy atom. The summed E-state index contributed by atoms with van der Waals surface area (Å²) in [6.45, 7) is 1.14. The van der Waals surface area contributed by atoms with E-state index in [0.717, 1.165) is 6.42 Å². The van der Waals surface area contributed by atoms with Crippen LogP contribution in [0.1, 0.15) is 39.6 Å². The molecule has 148 valence electrons. The van der Waals surface area contributed by atoms with Gasteiger partial charge in [0.15, 0.2) is 5.60 Å². The topological polar surface area (TPSA) is 119 Å². The molecule has 1 aliphatic rings. The number of halogens is 2. The van der Waals surface area contributed by atoms with Gasteiger partial charge in [-0.05, 0) is 31.4 Å². The molecule has 1 aromatic rings. The average Bonchev–Trinajstić information content (AvgIpc) is 2.58. The standard InChI is InChI=1S/C17H18Cl2N2O6.Na.H/c1-2-11(21(25)26)8-10-4-5-12(15(19)14(10)18)27-17(6-3-7-17)16(24)20-9-13(22)23;;/h4-5,8H,2-3,6-7,9H2,1H3,(H,20,24)(H,22,23);;/q;+1;-1/b11-8-;;. The van der Waals surface area contributed by atoms with Crippen LogP contribution in [-0.2, 0) is 9.59 Å². The van der Waals surface area contributed by atoms with Gasteiger partial charge in [-0.2, -0.15) is 0 Å². The minimum absolute atomic E-state index is 0. The minimum atomic E-state index is -1.20. The number of carbonyl (C=O) groups is 2. The van der Waals surface area contributed by atoms with Crippen LogP contribution in [0.25, 0.3) is 6.08 Å². The van der Waals surface area contributed by atoms with E-state index < -0.39 is 28.9 Å². The predicted octanol–water partition coefficient (Wildman–Crippen LogP) is 0.640. The number of carboxylic acids is 1. The largest absolute Gasteiger partial charge is 1.00 e. The Labute approximate surface area is 195 Å². The van der Waals surface area contributed by atoms with Crippen molar-refractivity contribution in [3.63, 3.8) is 0 Å². The first-order valence-electron chi connectivity index (χ1n) is 8.22. The molecule has 2 rings (SSSR count). The molecule has 0 aromatic heterocycles. The molecule has 28 heavy (non-hydrogen) atoms. The van der Waals surface area contributed by atoms with Crippen LogP contribution < -0.4 is 39.6 Å². The molecule has 0 spiro atoms. The number of nitro groups is 1. The van der Waals surface area contributed by atoms with Gasteiger partial charge in [0.25, 0.3) is 5.91 Å². The van der Waals surface area contributed by atoms with Crippen molar-refractivity contribution in [2.24, 2.45) is 0 Å². The Balaban J connectivity index is 0.00000392. The number of hydrogen-bond donors (Lipinski definition) is 2. The van der Waals surface area contributed by atoms with E-state index in [9.17, 15) is 19.7 Å². The molecule has 0 radical (unpaired) electrons. The van der Waals surface area contributed by atoms with Crippen molar-refractivity contribution >= 4 is 41.2 Å². The maximum atomic E-state index is 12.3. The summed E-state index contributed by atoms with van der Waals surface area (Å²) in [4.78, 5) is 33.4. The van der Waals surface area contributed by atoms with Crippen LogP contribution in [0.3, 0.4) is 0 Å². The number of carbonyl (C=O) groups excluding carboxylic acids is 1. The molecule has 1 amide bonds. The smallest absolute Gasteiger partial charge is 1.00 e. The quantitative estimate of drug-likeness (QED) is 0.347. The first-order valence-corrected chi connectivity index (χ1v) is 8.98. The van der Waals surface area contributed by atoms with Crippen molar-refractivity contribution in [1.29, 1.82) is 0 Å². The second kappa shape index (κ2) is 10.5. The second-order valence-electron chi connectivity index (χ2n) is 6.05. The first-order chi connectivity index (χ1) is 12.7. The van der Waals surface area contributed by atoms with E-state index in [-0.39, 0.29) is 58.9 Å². The van der Waals surface area contributed by atoms with Crippen molar-refractivity contribution < 1.29 is 55.3 Å². The monoisotopic (exact) mass is 440 g/mol. The molecule has 0 aliphatic heterocycles. The number of nitrogens with one attached hydrogen (secondary N) is 1. The number of carboxylic acid groups (broad SMARTS) is 1. The molecule has 0 bridgehead atoms. The van der Waals surface area contributed by atoms with Gasteiger partial charge in [-0.15, -0.1) is 0 Å². The van der Waals surface area contributed by atoms with Gasteiger partial charge in [0.2, 0.25) is 5.70 Å². The molecule has 0 atom stereocenters. The second-order valence-corrected chi connectivity index (χ2v) is 6.81. The Morgan fingerprint density at radius 1 is 1.39 bits per heavy atom. The Morgan fingerprint density at radius 3 is 2.50 bits per heavy atom. The zero-order valence-corrected chi connectivity index (χ0v) is 19.0. The third kappa shape index (κ3) is 5.61. The number of rotatable bonds is 8. The van der Waals surface area contributed by atoms with Gasteiger partial charge in [0.1, 0.15) is 17.3 Å². The maximum absolute atomic E-state index is 12.3. The van der Waals surface area contributed by atoms with Gasteiger partial charge < -0.3 is 16.6 Å². The fourth-order valence-electron chi connectivity index (χ4n) is 2.60. The van der Waals surface area contributed by atoms with E-state index in [1.165, 1.54) is 18.2 Å². The van der Waals surface area contributed by atoms with Crippen LogP contribution in [0.2, 0.25) is 10.0 Å². The summed E-state index contributed by atoms with van der Waals surface area (Å²) in [5.41, 5.74) is -0.861. The molecule has 1 aromatic carbocycles. The molecule has 8 nitrogen and oxygen atoms in total. The Hall–Kier alpha value is -1.32. The molecule has 1 saturated carbocycles. The summed E-state index contributed by atoms with van der Waals surface area (Å²) in [5.74, 6) is -1.54. The molecular formula is C17H19Cl2N2NaO6. The zero-order chi connectivity index (χ0) is 20.2. The Bertz CT molecular complexity index is 817. The normalized spacial score (nSPS) is 15.0. The van der Waals surface area contributed by atoms with Crippen LogP contribution in [0.15, 0.2) is 17.8 Å². The Kier molecular flexibility index (Phi) is 9.23. The van der Waals surface area contributed by atoms with Gasteiger partial charge in [0, 0.05) is 18.1 Å². The molecule has 0 heterocycles. The number of benzene rings is 1. The molecule has 1 fully saturated rings. The van der Waals surface area contributed by atoms with Gasteiger partial charge in [0.05, 0.1) is 9.95 Å².